The van der Waals surface area contributed by atoms with Crippen molar-refractivity contribution in [3.8, 4) is 0 Å². The molecule has 622 valence electrons. The Morgan fingerprint density at radius 3 is 1.56 bits per heavy atom. The van der Waals surface area contributed by atoms with Gasteiger partial charge in [-0.05, 0) is 160 Å². The molecule has 0 aromatic heterocycles. The molecule has 2 aliphatic carbocycles. The van der Waals surface area contributed by atoms with Crippen LogP contribution in [0.1, 0.15) is 212 Å². The van der Waals surface area contributed by atoms with E-state index < -0.39 is 168 Å². The monoisotopic (exact) mass is 1560 g/mol. The highest BCUT2D eigenvalue weighted by atomic mass is 35.5. The number of likely N-dealkylation sites (N-methyl/N-ethyl adjacent to an activating group) is 6. The number of hydrogen-bond donors (Lipinski definition) is 6. The van der Waals surface area contributed by atoms with Crippen molar-refractivity contribution in [2.45, 2.75) is 290 Å². The van der Waals surface area contributed by atoms with Crippen molar-refractivity contribution >= 4 is 88.4 Å². The van der Waals surface area contributed by atoms with Crippen LogP contribution in [0.25, 0.3) is 0 Å². The molecule has 29 nitrogen and oxygen atoms in total. The molecular weight excluding hydrogens is 1420 g/mol. The highest BCUT2D eigenvalue weighted by Gasteiger charge is 2.45. The smallest absolute Gasteiger partial charge is 0.248 e. The van der Waals surface area contributed by atoms with Crippen molar-refractivity contribution in [3.63, 3.8) is 0 Å². The van der Waals surface area contributed by atoms with Crippen LogP contribution in [0.4, 0.5) is 0 Å². The lowest BCUT2D eigenvalue weighted by Crippen LogP contribution is -2.62. The van der Waals surface area contributed by atoms with E-state index in [-0.39, 0.29) is 98.5 Å². The fourth-order valence-electron chi connectivity index (χ4n) is 15.3. The molecule has 2 saturated carbocycles. The summed E-state index contributed by atoms with van der Waals surface area (Å²) in [5.74, 6) is -10.8. The summed E-state index contributed by atoms with van der Waals surface area (Å²) in [7, 11) is 11.5. The van der Waals surface area contributed by atoms with Gasteiger partial charge in [0.2, 0.25) is 76.8 Å². The van der Waals surface area contributed by atoms with Gasteiger partial charge in [0.1, 0.15) is 54.4 Å². The molecule has 4 aliphatic rings. The number of hydrogen-bond acceptors (Lipinski definition) is 16. The molecule has 0 radical (unpaired) electrons. The third-order valence-corrected chi connectivity index (χ3v) is 22.3. The molecule has 5 unspecified atom stereocenters. The fourth-order valence-corrected chi connectivity index (χ4v) is 15.7. The van der Waals surface area contributed by atoms with Crippen LogP contribution in [0.15, 0.2) is 0 Å². The van der Waals surface area contributed by atoms with Gasteiger partial charge in [-0.15, -0.1) is 11.6 Å². The van der Waals surface area contributed by atoms with Crippen molar-refractivity contribution in [2.75, 3.05) is 95.8 Å². The van der Waals surface area contributed by atoms with Gasteiger partial charge in [-0.3, -0.25) is 62.3 Å². The Bertz CT molecular complexity index is 3050. The Balaban J connectivity index is 2.03. The molecule has 15 atom stereocenters. The average Bonchev–Trinajstić information content (AvgIpc) is 0.818. The predicted octanol–water partition coefficient (Wildman–Crippen LogP) is 4.70. The lowest BCUT2D eigenvalue weighted by molar-refractivity contribution is -0.152. The molecule has 109 heavy (non-hydrogen) atoms. The quantitative estimate of drug-likeness (QED) is 0.0848. The zero-order chi connectivity index (χ0) is 82.2. The van der Waals surface area contributed by atoms with Crippen molar-refractivity contribution in [1.29, 1.82) is 0 Å². The number of aliphatic hydroxyl groups excluding tert-OH is 1. The third kappa shape index (κ3) is 28.8. The maximum atomic E-state index is 15.7. The van der Waals surface area contributed by atoms with Gasteiger partial charge in [-0.2, -0.15) is 0 Å². The minimum Gasteiger partial charge on any atom is -0.391 e. The van der Waals surface area contributed by atoms with Gasteiger partial charge < -0.3 is 80.4 Å². The third-order valence-electron chi connectivity index (χ3n) is 21.9. The van der Waals surface area contributed by atoms with Gasteiger partial charge in [-0.25, -0.2) is 0 Å². The van der Waals surface area contributed by atoms with Crippen LogP contribution in [-0.2, 0) is 71.8 Å². The molecule has 4 fully saturated rings. The van der Waals surface area contributed by atoms with E-state index >= 15 is 43.2 Å². The van der Waals surface area contributed by atoms with E-state index in [1.807, 2.05) is 62.3 Å². The van der Waals surface area contributed by atoms with E-state index in [1.54, 1.807) is 25.7 Å². The second-order valence-electron chi connectivity index (χ2n) is 34.0. The fraction of sp³-hybridized carbons (Fsp3) is 0.835. The number of halogens is 1. The largest absolute Gasteiger partial charge is 0.391 e. The zero-order valence-electron chi connectivity index (χ0n) is 69.7. The summed E-state index contributed by atoms with van der Waals surface area (Å²) < 4.78 is 12.1. The van der Waals surface area contributed by atoms with Crippen LogP contribution in [0.5, 0.6) is 0 Å². The Hall–Kier alpha value is -6.72. The molecule has 2 heterocycles. The SMILES string of the molecule is CCCCN1CC(=O)N(C)[C@@H](CC(C)C)C(=O)N(C)[C@@H](CC(C)C)C(=O)N[C@@H](COC(C)(C)C)C(=O)N(C)[C@@H](CC(C)C)C(=O)N[C@H](C(=O)N2CCCCC2)CC(=O)N(C)CC(=O)N(C)[C@@H](CC2CCCC(Cl)C2)C(=O)N[C@@H](CC2CCC(C(=O)NC)C(OC)C2)C(=O)N(C)[C@@H](CC(C)C)C(=O)N[C@@H]([C@@H](C)O)C1=O. The maximum absolute atomic E-state index is 15.7. The number of unbranched alkanes of at least 4 members (excludes halogenated alkanes) is 1. The molecule has 0 aromatic carbocycles. The van der Waals surface area contributed by atoms with Crippen molar-refractivity contribution in [3.05, 3.63) is 0 Å². The standard InChI is InChI=1S/C79H138ClN13O16/c1-22-23-32-93-45-67(97)88(17)63(38-50(8)9)77(106)91(20)60(36-48(4)5)71(100)84-58(46-109-79(11,12)13)75(104)90(19)59(35-47(2)3)70(99)83-57(76(105)92-33-25-24-26-34-92)43-65(95)86(15)44-66(96)87(16)62(41-52-28-27-29-54(80)39-52)72(101)82-56(40-53-30-31-55(69(98)81-14)64(42-53)108-21)74(103)89(18)61(37-49(6)7)73(102)85-68(51(10)94)78(93)107/h47-64,68,94H,22-46H2,1-21H3,(H,81,98)(H,82,101)(H,83,99)(H,84,100)(H,85,102)/t51-,52?,53?,54?,55?,56+,57+,58+,59+,60+,61+,62+,63+,64?,68+/m1/s1. The maximum Gasteiger partial charge on any atom is 0.248 e. The van der Waals surface area contributed by atoms with Gasteiger partial charge in [0.25, 0.3) is 0 Å². The first-order valence-corrected chi connectivity index (χ1v) is 40.5. The molecule has 2 saturated heterocycles. The molecular formula is C79H138ClN13O16. The molecule has 13 amide bonds. The van der Waals surface area contributed by atoms with E-state index in [4.69, 9.17) is 21.1 Å². The Kier molecular flexibility index (Phi) is 38.6. The number of likely N-dealkylation sites (tertiary alicyclic amines) is 1. The minimum absolute atomic E-state index is 0.0108. The van der Waals surface area contributed by atoms with Gasteiger partial charge >= 0.3 is 0 Å². The summed E-state index contributed by atoms with van der Waals surface area (Å²) in [5, 5.41) is 25.6. The first-order valence-electron chi connectivity index (χ1n) is 40.0. The number of carbonyl (C=O) groups excluding carboxylic acids is 13. The zero-order valence-corrected chi connectivity index (χ0v) is 70.4. The van der Waals surface area contributed by atoms with Gasteiger partial charge in [-0.1, -0.05) is 81.6 Å². The Morgan fingerprint density at radius 2 is 1.05 bits per heavy atom. The summed E-state index contributed by atoms with van der Waals surface area (Å²) in [5.41, 5.74) is -0.858. The second-order valence-corrected chi connectivity index (χ2v) is 34.6. The summed E-state index contributed by atoms with van der Waals surface area (Å²) in [6, 6.07) is -12.4. The minimum atomic E-state index is -1.68. The van der Waals surface area contributed by atoms with E-state index in [9.17, 15) is 24.3 Å². The summed E-state index contributed by atoms with van der Waals surface area (Å²) in [4.78, 5) is 206. The number of nitrogens with one attached hydrogen (secondary N) is 5. The number of aliphatic hydroxyl groups is 1. The summed E-state index contributed by atoms with van der Waals surface area (Å²) in [6.45, 7) is 22.4. The van der Waals surface area contributed by atoms with Crippen LogP contribution < -0.4 is 26.6 Å². The van der Waals surface area contributed by atoms with E-state index in [0.29, 0.717) is 70.9 Å². The number of ether oxygens (including phenoxy) is 2. The van der Waals surface area contributed by atoms with Crippen LogP contribution >= 0.6 is 11.6 Å². The van der Waals surface area contributed by atoms with Crippen LogP contribution in [0, 0.1) is 41.4 Å². The number of nitrogens with zero attached hydrogens (tertiary/aromatic N) is 8. The number of amides is 13. The molecule has 2 aliphatic heterocycles. The highest BCUT2D eigenvalue weighted by molar-refractivity contribution is 6.20. The molecule has 0 spiro atoms. The number of alkyl halides is 1. The average molecular weight is 1560 g/mol. The number of rotatable bonds is 21. The Labute approximate surface area is 654 Å². The molecule has 0 bridgehead atoms. The number of methoxy groups -OCH3 is 1. The topological polar surface area (TPSA) is 347 Å². The normalized spacial score (nSPS) is 28.6. The molecule has 30 heteroatoms. The van der Waals surface area contributed by atoms with Crippen LogP contribution in [-0.4, -0.2) is 294 Å². The van der Waals surface area contributed by atoms with Gasteiger partial charge in [0.05, 0.1) is 49.8 Å². The van der Waals surface area contributed by atoms with Crippen molar-refractivity contribution in [2.24, 2.45) is 41.4 Å². The molecule has 4 rings (SSSR count). The summed E-state index contributed by atoms with van der Waals surface area (Å²) >= 11 is 6.81. The van der Waals surface area contributed by atoms with E-state index in [0.717, 1.165) is 24.2 Å². The van der Waals surface area contributed by atoms with Gasteiger partial charge in [0.15, 0.2) is 0 Å². The summed E-state index contributed by atoms with van der Waals surface area (Å²) in [6.07, 6.45) is 4.45. The predicted molar refractivity (Wildman–Crippen MR) is 416 cm³/mol. The first-order chi connectivity index (χ1) is 51.0. The second kappa shape index (κ2) is 44.5. The van der Waals surface area contributed by atoms with E-state index in [2.05, 4.69) is 26.6 Å². The van der Waals surface area contributed by atoms with Crippen LogP contribution in [0.3, 0.4) is 0 Å². The van der Waals surface area contributed by atoms with Gasteiger partial charge in [0, 0.05) is 81.5 Å². The van der Waals surface area contributed by atoms with Crippen molar-refractivity contribution in [1.82, 2.24) is 65.8 Å². The van der Waals surface area contributed by atoms with Crippen molar-refractivity contribution < 1.29 is 76.9 Å². The number of piperidine rings is 1. The number of carbonyl (C=O) groups is 13. The molecule has 0 aromatic rings. The Morgan fingerprint density at radius 1 is 0.560 bits per heavy atom. The lowest BCUT2D eigenvalue weighted by Gasteiger charge is -2.39. The first kappa shape index (κ1) is 94.7. The molecule has 6 N–H and O–H groups in total. The van der Waals surface area contributed by atoms with Crippen LogP contribution in [0.2, 0.25) is 0 Å². The lowest BCUT2D eigenvalue weighted by atomic mass is 9.76. The highest BCUT2D eigenvalue weighted by Crippen LogP contribution is 2.36. The van der Waals surface area contributed by atoms with E-state index in [1.165, 1.54) is 92.8 Å².